The van der Waals surface area contributed by atoms with E-state index in [-0.39, 0.29) is 17.8 Å². The predicted octanol–water partition coefficient (Wildman–Crippen LogP) is 5.65. The molecule has 5 nitrogen and oxygen atoms in total. The van der Waals surface area contributed by atoms with E-state index in [1.54, 1.807) is 12.0 Å². The molecule has 0 spiro atoms. The fourth-order valence-corrected chi connectivity index (χ4v) is 5.24. The van der Waals surface area contributed by atoms with Crippen LogP contribution in [0.5, 0.6) is 5.75 Å². The first-order chi connectivity index (χ1) is 15.1. The SMILES string of the molecule is CCCCCCCC12OC(=O)C1N(Cc1ccc(OC)cc1)C(=O)[C@H]2CCCCCC. The summed E-state index contributed by atoms with van der Waals surface area (Å²) in [6.07, 6.45) is 11.9. The zero-order valence-electron chi connectivity index (χ0n) is 19.5. The maximum atomic E-state index is 13.5. The van der Waals surface area contributed by atoms with Crippen LogP contribution in [0, 0.1) is 5.92 Å². The number of unbranched alkanes of at least 4 members (excludes halogenated alkanes) is 7. The van der Waals surface area contributed by atoms with Gasteiger partial charge in [-0.1, -0.05) is 77.3 Å². The van der Waals surface area contributed by atoms with Crippen molar-refractivity contribution < 1.29 is 19.1 Å². The van der Waals surface area contributed by atoms with E-state index in [2.05, 4.69) is 13.8 Å². The Labute approximate surface area is 187 Å². The van der Waals surface area contributed by atoms with Crippen LogP contribution in [0.2, 0.25) is 0 Å². The Bertz CT molecular complexity index is 731. The van der Waals surface area contributed by atoms with Gasteiger partial charge in [-0.15, -0.1) is 0 Å². The van der Waals surface area contributed by atoms with Crippen LogP contribution in [0.1, 0.15) is 90.0 Å². The van der Waals surface area contributed by atoms with Crippen molar-refractivity contribution in [3.63, 3.8) is 0 Å². The Morgan fingerprint density at radius 2 is 1.58 bits per heavy atom. The maximum absolute atomic E-state index is 13.5. The molecule has 31 heavy (non-hydrogen) atoms. The lowest BCUT2D eigenvalue weighted by Crippen LogP contribution is -2.65. The van der Waals surface area contributed by atoms with E-state index in [9.17, 15) is 9.59 Å². The van der Waals surface area contributed by atoms with E-state index in [4.69, 9.17) is 9.47 Å². The molecule has 1 aromatic rings. The van der Waals surface area contributed by atoms with Crippen molar-refractivity contribution in [3.05, 3.63) is 29.8 Å². The molecule has 0 bridgehead atoms. The molecule has 3 rings (SSSR count). The zero-order valence-corrected chi connectivity index (χ0v) is 19.5. The third-order valence-electron chi connectivity index (χ3n) is 6.99. The molecule has 0 saturated carbocycles. The highest BCUT2D eigenvalue weighted by Gasteiger charge is 2.70. The Hall–Kier alpha value is -2.04. The van der Waals surface area contributed by atoms with Gasteiger partial charge in [0.25, 0.3) is 0 Å². The average molecular weight is 430 g/mol. The predicted molar refractivity (Wildman–Crippen MR) is 122 cm³/mol. The summed E-state index contributed by atoms with van der Waals surface area (Å²) >= 11 is 0. The molecule has 1 amide bonds. The first-order valence-electron chi connectivity index (χ1n) is 12.2. The molecule has 2 fully saturated rings. The smallest absolute Gasteiger partial charge is 0.333 e. The summed E-state index contributed by atoms with van der Waals surface area (Å²) in [5.41, 5.74) is 0.399. The van der Waals surface area contributed by atoms with Gasteiger partial charge in [-0.05, 0) is 37.0 Å². The highest BCUT2D eigenvalue weighted by molar-refractivity contribution is 5.97. The van der Waals surface area contributed by atoms with E-state index in [1.165, 1.54) is 32.1 Å². The molecular formula is C26H39NO4. The van der Waals surface area contributed by atoms with Crippen molar-refractivity contribution in [2.45, 2.75) is 103 Å². The van der Waals surface area contributed by atoms with E-state index in [0.29, 0.717) is 6.54 Å². The molecule has 2 saturated heterocycles. The second kappa shape index (κ2) is 11.0. The Kier molecular flexibility index (Phi) is 8.39. The number of amides is 1. The van der Waals surface area contributed by atoms with Crippen molar-refractivity contribution in [3.8, 4) is 5.75 Å². The number of hydrogen-bond acceptors (Lipinski definition) is 4. The van der Waals surface area contributed by atoms with Crippen molar-refractivity contribution >= 4 is 11.9 Å². The molecule has 172 valence electrons. The van der Waals surface area contributed by atoms with Crippen LogP contribution in [0.4, 0.5) is 0 Å². The first kappa shape index (κ1) is 23.6. The number of carbonyl (C=O) groups excluding carboxylic acids is 2. The minimum Gasteiger partial charge on any atom is -0.497 e. The van der Waals surface area contributed by atoms with Crippen LogP contribution in [0.15, 0.2) is 24.3 Å². The standard InChI is InChI=1S/C26H39NO4/c1-4-6-8-10-12-18-26-22(13-11-9-7-5-2)24(28)27(23(26)25(29)31-26)19-20-14-16-21(30-3)17-15-20/h14-17,22-23H,4-13,18-19H2,1-3H3/t22-,23?,26?/m1/s1. The summed E-state index contributed by atoms with van der Waals surface area (Å²) in [6, 6.07) is 7.31. The molecule has 0 radical (unpaired) electrons. The minimum atomic E-state index is -0.612. The number of ether oxygens (including phenoxy) is 2. The van der Waals surface area contributed by atoms with Gasteiger partial charge < -0.3 is 14.4 Å². The summed E-state index contributed by atoms with van der Waals surface area (Å²) in [5, 5.41) is 0. The fraction of sp³-hybridized carbons (Fsp3) is 0.692. The largest absolute Gasteiger partial charge is 0.497 e. The van der Waals surface area contributed by atoms with E-state index in [0.717, 1.165) is 49.8 Å². The van der Waals surface area contributed by atoms with Crippen LogP contribution >= 0.6 is 0 Å². The normalized spacial score (nSPS) is 24.7. The van der Waals surface area contributed by atoms with Gasteiger partial charge in [0.1, 0.15) is 5.75 Å². The van der Waals surface area contributed by atoms with Crippen LogP contribution in [0.3, 0.4) is 0 Å². The Balaban J connectivity index is 1.74. The third-order valence-corrected chi connectivity index (χ3v) is 6.99. The van der Waals surface area contributed by atoms with Gasteiger partial charge in [-0.25, -0.2) is 4.79 Å². The molecule has 2 unspecified atom stereocenters. The van der Waals surface area contributed by atoms with Gasteiger partial charge in [0, 0.05) is 6.54 Å². The van der Waals surface area contributed by atoms with Crippen LogP contribution in [-0.2, 0) is 20.9 Å². The second-order valence-corrected chi connectivity index (χ2v) is 9.16. The van der Waals surface area contributed by atoms with E-state index in [1.807, 2.05) is 24.3 Å². The quantitative estimate of drug-likeness (QED) is 0.283. The number of likely N-dealkylation sites (tertiary alicyclic amines) is 1. The number of nitrogens with zero attached hydrogens (tertiary/aromatic N) is 1. The molecular weight excluding hydrogens is 390 g/mol. The van der Waals surface area contributed by atoms with Gasteiger partial charge >= 0.3 is 5.97 Å². The summed E-state index contributed by atoms with van der Waals surface area (Å²) < 4.78 is 11.1. The van der Waals surface area contributed by atoms with Gasteiger partial charge in [0.15, 0.2) is 11.6 Å². The monoisotopic (exact) mass is 429 g/mol. The molecule has 1 aromatic carbocycles. The molecule has 0 aromatic heterocycles. The van der Waals surface area contributed by atoms with Gasteiger partial charge in [-0.3, -0.25) is 4.79 Å². The topological polar surface area (TPSA) is 55.8 Å². The first-order valence-corrected chi connectivity index (χ1v) is 12.2. The number of benzene rings is 1. The minimum absolute atomic E-state index is 0.0942. The van der Waals surface area contributed by atoms with Crippen LogP contribution < -0.4 is 4.74 Å². The summed E-state index contributed by atoms with van der Waals surface area (Å²) in [4.78, 5) is 27.9. The summed E-state index contributed by atoms with van der Waals surface area (Å²) in [7, 11) is 1.64. The molecule has 3 atom stereocenters. The number of fused-ring (bicyclic) bond motifs is 1. The molecule has 2 heterocycles. The molecule has 5 heteroatoms. The lowest BCUT2D eigenvalue weighted by Gasteiger charge is -2.47. The van der Waals surface area contributed by atoms with Crippen molar-refractivity contribution in [1.82, 2.24) is 4.90 Å². The molecule has 0 aliphatic carbocycles. The lowest BCUT2D eigenvalue weighted by molar-refractivity contribution is -0.212. The fourth-order valence-electron chi connectivity index (χ4n) is 5.24. The highest BCUT2D eigenvalue weighted by atomic mass is 16.6. The van der Waals surface area contributed by atoms with Crippen molar-refractivity contribution in [2.75, 3.05) is 7.11 Å². The third kappa shape index (κ3) is 5.07. The zero-order chi connectivity index (χ0) is 22.3. The van der Waals surface area contributed by atoms with E-state index < -0.39 is 11.6 Å². The Morgan fingerprint density at radius 1 is 0.935 bits per heavy atom. The summed E-state index contributed by atoms with van der Waals surface area (Å²) in [5.74, 6) is 0.453. The molecule has 0 N–H and O–H groups in total. The Morgan fingerprint density at radius 3 is 2.19 bits per heavy atom. The van der Waals surface area contributed by atoms with Gasteiger partial charge in [0.05, 0.1) is 13.0 Å². The van der Waals surface area contributed by atoms with Crippen LogP contribution in [0.25, 0.3) is 0 Å². The lowest BCUT2D eigenvalue weighted by atomic mass is 9.74. The number of esters is 1. The average Bonchev–Trinajstić information content (AvgIpc) is 2.94. The van der Waals surface area contributed by atoms with Gasteiger partial charge in [0.2, 0.25) is 5.91 Å². The summed E-state index contributed by atoms with van der Waals surface area (Å²) in [6.45, 7) is 4.85. The number of carbonyl (C=O) groups is 2. The van der Waals surface area contributed by atoms with Crippen molar-refractivity contribution in [1.29, 1.82) is 0 Å². The molecule has 2 aliphatic heterocycles. The number of hydrogen-bond donors (Lipinski definition) is 0. The second-order valence-electron chi connectivity index (χ2n) is 9.16. The number of rotatable bonds is 14. The van der Waals surface area contributed by atoms with Crippen LogP contribution in [-0.4, -0.2) is 35.5 Å². The molecule has 2 aliphatic rings. The van der Waals surface area contributed by atoms with Crippen molar-refractivity contribution in [2.24, 2.45) is 5.92 Å². The maximum Gasteiger partial charge on any atom is 0.333 e. The van der Waals surface area contributed by atoms with Gasteiger partial charge in [-0.2, -0.15) is 0 Å². The van der Waals surface area contributed by atoms with E-state index >= 15 is 0 Å². The highest BCUT2D eigenvalue weighted by Crippen LogP contribution is 2.51. The number of methoxy groups -OCH3 is 1.